The molecule has 0 bridgehead atoms. The SMILES string of the molecule is COc1cc(OC)c(C=C(C#N)C(=O)NCc2ccco2)cc1Br. The number of benzene rings is 1. The van der Waals surface area contributed by atoms with Gasteiger partial charge in [0.25, 0.3) is 5.91 Å². The van der Waals surface area contributed by atoms with Crippen molar-refractivity contribution in [2.45, 2.75) is 6.54 Å². The predicted octanol–water partition coefficient (Wildman–Crippen LogP) is 3.28. The third-order valence-electron chi connectivity index (χ3n) is 3.17. The smallest absolute Gasteiger partial charge is 0.262 e. The van der Waals surface area contributed by atoms with Gasteiger partial charge in [0, 0.05) is 11.6 Å². The Morgan fingerprint density at radius 3 is 2.71 bits per heavy atom. The highest BCUT2D eigenvalue weighted by molar-refractivity contribution is 9.10. The quantitative estimate of drug-likeness (QED) is 0.604. The molecule has 0 fully saturated rings. The van der Waals surface area contributed by atoms with Gasteiger partial charge in [-0.2, -0.15) is 5.26 Å². The average Bonchev–Trinajstić information content (AvgIpc) is 3.11. The Kier molecular flexibility index (Phi) is 6.04. The molecule has 7 heteroatoms. The highest BCUT2D eigenvalue weighted by Gasteiger charge is 2.13. The van der Waals surface area contributed by atoms with E-state index in [1.54, 1.807) is 24.3 Å². The molecule has 1 aromatic carbocycles. The molecule has 0 radical (unpaired) electrons. The van der Waals surface area contributed by atoms with Crippen LogP contribution in [-0.4, -0.2) is 20.1 Å². The number of amides is 1. The van der Waals surface area contributed by atoms with Crippen molar-refractivity contribution in [1.29, 1.82) is 5.26 Å². The number of furan rings is 1. The Labute approximate surface area is 147 Å². The molecule has 0 aliphatic rings. The lowest BCUT2D eigenvalue weighted by Crippen LogP contribution is -2.23. The van der Waals surface area contributed by atoms with Gasteiger partial charge in [0.1, 0.15) is 28.9 Å². The Balaban J connectivity index is 2.24. The zero-order valence-electron chi connectivity index (χ0n) is 13.1. The van der Waals surface area contributed by atoms with Crippen LogP contribution < -0.4 is 14.8 Å². The summed E-state index contributed by atoms with van der Waals surface area (Å²) >= 11 is 3.37. The predicted molar refractivity (Wildman–Crippen MR) is 91.4 cm³/mol. The van der Waals surface area contributed by atoms with Gasteiger partial charge < -0.3 is 19.2 Å². The Morgan fingerprint density at radius 1 is 1.38 bits per heavy atom. The molecular weight excluding hydrogens is 376 g/mol. The molecule has 6 nitrogen and oxygen atoms in total. The molecular formula is C17H15BrN2O4. The van der Waals surface area contributed by atoms with E-state index in [1.807, 2.05) is 6.07 Å². The van der Waals surface area contributed by atoms with Crippen molar-refractivity contribution in [2.75, 3.05) is 14.2 Å². The maximum Gasteiger partial charge on any atom is 0.262 e. The number of nitrogens with one attached hydrogen (secondary N) is 1. The third-order valence-corrected chi connectivity index (χ3v) is 3.79. The highest BCUT2D eigenvalue weighted by Crippen LogP contribution is 2.33. The van der Waals surface area contributed by atoms with E-state index in [4.69, 9.17) is 13.9 Å². The lowest BCUT2D eigenvalue weighted by Gasteiger charge is -2.10. The third kappa shape index (κ3) is 4.18. The number of hydrogen-bond donors (Lipinski definition) is 1. The number of hydrogen-bond acceptors (Lipinski definition) is 5. The molecule has 124 valence electrons. The molecule has 0 atom stereocenters. The van der Waals surface area contributed by atoms with E-state index in [9.17, 15) is 10.1 Å². The van der Waals surface area contributed by atoms with E-state index in [0.29, 0.717) is 27.3 Å². The van der Waals surface area contributed by atoms with Crippen LogP contribution in [0.2, 0.25) is 0 Å². The van der Waals surface area contributed by atoms with Crippen LogP contribution in [-0.2, 0) is 11.3 Å². The minimum Gasteiger partial charge on any atom is -0.496 e. The molecule has 1 aromatic heterocycles. The largest absolute Gasteiger partial charge is 0.496 e. The van der Waals surface area contributed by atoms with Gasteiger partial charge >= 0.3 is 0 Å². The summed E-state index contributed by atoms with van der Waals surface area (Å²) in [6.45, 7) is 0.203. The van der Waals surface area contributed by atoms with E-state index >= 15 is 0 Å². The van der Waals surface area contributed by atoms with E-state index < -0.39 is 5.91 Å². The Bertz CT molecular complexity index is 792. The summed E-state index contributed by atoms with van der Waals surface area (Å²) in [5.41, 5.74) is 0.534. The summed E-state index contributed by atoms with van der Waals surface area (Å²) in [6, 6.07) is 8.75. The summed E-state index contributed by atoms with van der Waals surface area (Å²) in [5, 5.41) is 11.9. The van der Waals surface area contributed by atoms with Crippen molar-refractivity contribution in [3.05, 3.63) is 51.9 Å². The molecule has 0 unspecified atom stereocenters. The van der Waals surface area contributed by atoms with E-state index in [0.717, 1.165) is 0 Å². The number of nitrogens with zero attached hydrogens (tertiary/aromatic N) is 1. The van der Waals surface area contributed by atoms with E-state index in [-0.39, 0.29) is 12.1 Å². The van der Waals surface area contributed by atoms with Crippen molar-refractivity contribution in [3.63, 3.8) is 0 Å². The number of ether oxygens (including phenoxy) is 2. The number of carbonyl (C=O) groups excluding carboxylic acids is 1. The zero-order valence-corrected chi connectivity index (χ0v) is 14.7. The molecule has 0 saturated carbocycles. The van der Waals surface area contributed by atoms with Crippen LogP contribution in [0.3, 0.4) is 0 Å². The first kappa shape index (κ1) is 17.6. The summed E-state index contributed by atoms with van der Waals surface area (Å²) in [6.07, 6.45) is 2.97. The minimum atomic E-state index is -0.497. The number of halogens is 1. The summed E-state index contributed by atoms with van der Waals surface area (Å²) in [4.78, 5) is 12.2. The van der Waals surface area contributed by atoms with Crippen LogP contribution in [0.25, 0.3) is 6.08 Å². The molecule has 0 aliphatic heterocycles. The highest BCUT2D eigenvalue weighted by atomic mass is 79.9. The number of carbonyl (C=O) groups is 1. The fourth-order valence-corrected chi connectivity index (χ4v) is 2.50. The van der Waals surface area contributed by atoms with Gasteiger partial charge in [0.2, 0.25) is 0 Å². The molecule has 1 amide bonds. The Hall–Kier alpha value is -2.72. The van der Waals surface area contributed by atoms with Crippen LogP contribution in [0, 0.1) is 11.3 Å². The summed E-state index contributed by atoms with van der Waals surface area (Å²) in [5.74, 6) is 1.18. The molecule has 0 spiro atoms. The van der Waals surface area contributed by atoms with Gasteiger partial charge in [-0.25, -0.2) is 0 Å². The lowest BCUT2D eigenvalue weighted by atomic mass is 10.1. The second kappa shape index (κ2) is 8.22. The fourth-order valence-electron chi connectivity index (χ4n) is 1.98. The first-order chi connectivity index (χ1) is 11.6. The average molecular weight is 391 g/mol. The molecule has 2 rings (SSSR count). The van der Waals surface area contributed by atoms with Crippen molar-refractivity contribution >= 4 is 27.9 Å². The van der Waals surface area contributed by atoms with Crippen molar-refractivity contribution in [3.8, 4) is 17.6 Å². The topological polar surface area (TPSA) is 84.5 Å². The van der Waals surface area contributed by atoms with Crippen LogP contribution >= 0.6 is 15.9 Å². The molecule has 0 saturated heterocycles. The van der Waals surface area contributed by atoms with Gasteiger partial charge in [-0.05, 0) is 40.2 Å². The fraction of sp³-hybridized carbons (Fsp3) is 0.176. The van der Waals surface area contributed by atoms with Gasteiger partial charge in [-0.15, -0.1) is 0 Å². The monoisotopic (exact) mass is 390 g/mol. The van der Waals surface area contributed by atoms with Gasteiger partial charge in [0.15, 0.2) is 0 Å². The van der Waals surface area contributed by atoms with Crippen LogP contribution in [0.5, 0.6) is 11.5 Å². The lowest BCUT2D eigenvalue weighted by molar-refractivity contribution is -0.117. The second-order valence-electron chi connectivity index (χ2n) is 4.66. The maximum absolute atomic E-state index is 12.2. The van der Waals surface area contributed by atoms with Gasteiger partial charge in [0.05, 0.1) is 31.5 Å². The zero-order chi connectivity index (χ0) is 17.5. The Morgan fingerprint density at radius 2 is 2.12 bits per heavy atom. The van der Waals surface area contributed by atoms with Crippen molar-refractivity contribution < 1.29 is 18.7 Å². The number of methoxy groups -OCH3 is 2. The normalized spacial score (nSPS) is 10.8. The first-order valence-corrected chi connectivity index (χ1v) is 7.72. The van der Waals surface area contributed by atoms with Gasteiger partial charge in [-0.3, -0.25) is 4.79 Å². The second-order valence-corrected chi connectivity index (χ2v) is 5.51. The standard InChI is InChI=1S/C17H15BrN2O4/c1-22-15-8-16(23-2)14(18)7-11(15)6-12(9-19)17(21)20-10-13-4-3-5-24-13/h3-8H,10H2,1-2H3,(H,20,21). The summed E-state index contributed by atoms with van der Waals surface area (Å²) < 4.78 is 16.3. The van der Waals surface area contributed by atoms with Crippen molar-refractivity contribution in [1.82, 2.24) is 5.32 Å². The van der Waals surface area contributed by atoms with Gasteiger partial charge in [-0.1, -0.05) is 0 Å². The number of rotatable bonds is 6. The maximum atomic E-state index is 12.2. The van der Waals surface area contributed by atoms with E-state index in [1.165, 1.54) is 26.6 Å². The van der Waals surface area contributed by atoms with Crippen molar-refractivity contribution in [2.24, 2.45) is 0 Å². The summed E-state index contributed by atoms with van der Waals surface area (Å²) in [7, 11) is 3.04. The number of nitriles is 1. The molecule has 1 heterocycles. The van der Waals surface area contributed by atoms with Crippen LogP contribution in [0.1, 0.15) is 11.3 Å². The minimum absolute atomic E-state index is 0.0445. The molecule has 2 aromatic rings. The first-order valence-electron chi connectivity index (χ1n) is 6.93. The van der Waals surface area contributed by atoms with Crippen LogP contribution in [0.15, 0.2) is 45.0 Å². The molecule has 1 N–H and O–H groups in total. The van der Waals surface area contributed by atoms with E-state index in [2.05, 4.69) is 21.2 Å². The molecule has 0 aliphatic carbocycles. The molecule has 24 heavy (non-hydrogen) atoms. The van der Waals surface area contributed by atoms with Crippen LogP contribution in [0.4, 0.5) is 0 Å².